The highest BCUT2D eigenvalue weighted by Crippen LogP contribution is 2.29. The average molecular weight is 359 g/mol. The number of aliphatic imine (C=N–C) groups is 1. The average Bonchev–Trinajstić information content (AvgIpc) is 3.32. The summed E-state index contributed by atoms with van der Waals surface area (Å²) in [5.41, 5.74) is 0.732. The number of hydrogen-bond acceptors (Lipinski definition) is 5. The van der Waals surface area contributed by atoms with E-state index in [1.165, 1.54) is 17.7 Å². The molecule has 1 aromatic carbocycles. The summed E-state index contributed by atoms with van der Waals surface area (Å²) in [5, 5.41) is 12.3. The Labute approximate surface area is 153 Å². The molecule has 1 aliphatic rings. The first-order valence-electron chi connectivity index (χ1n) is 9.01. The first-order valence-corrected chi connectivity index (χ1v) is 9.89. The van der Waals surface area contributed by atoms with E-state index in [9.17, 15) is 5.11 Å². The third-order valence-corrected chi connectivity index (χ3v) is 5.41. The van der Waals surface area contributed by atoms with E-state index < -0.39 is 0 Å². The van der Waals surface area contributed by atoms with Crippen LogP contribution in [0.2, 0.25) is 0 Å². The molecule has 1 saturated heterocycles. The molecule has 2 aromatic rings. The van der Waals surface area contributed by atoms with Crippen molar-refractivity contribution in [1.82, 2.24) is 4.90 Å². The first-order chi connectivity index (χ1) is 12.3. The van der Waals surface area contributed by atoms with Crippen molar-refractivity contribution in [1.29, 1.82) is 0 Å². The molecule has 2 heterocycles. The van der Waals surface area contributed by atoms with Crippen LogP contribution in [0.25, 0.3) is 0 Å². The monoisotopic (exact) mass is 358 g/mol. The van der Waals surface area contributed by atoms with Crippen molar-refractivity contribution < 1.29 is 9.84 Å². The number of thiophene rings is 1. The fourth-order valence-electron chi connectivity index (χ4n) is 3.11. The first kappa shape index (κ1) is 18.0. The molecule has 4 nitrogen and oxygen atoms in total. The van der Waals surface area contributed by atoms with E-state index in [0.29, 0.717) is 24.9 Å². The van der Waals surface area contributed by atoms with Crippen LogP contribution in [0.5, 0.6) is 11.5 Å². The molecule has 0 saturated carbocycles. The molecular weight excluding hydrogens is 332 g/mol. The quantitative estimate of drug-likeness (QED) is 0.707. The lowest BCUT2D eigenvalue weighted by atomic mass is 10.2. The summed E-state index contributed by atoms with van der Waals surface area (Å²) in [6.45, 7) is 5.73. The predicted octanol–water partition coefficient (Wildman–Crippen LogP) is 4.50. The van der Waals surface area contributed by atoms with Gasteiger partial charge in [0.05, 0.1) is 19.2 Å². The number of ether oxygens (including phenoxy) is 1. The number of phenolic OH excluding ortho intramolecular Hbond substituents is 1. The summed E-state index contributed by atoms with van der Waals surface area (Å²) in [6.07, 6.45) is 5.26. The summed E-state index contributed by atoms with van der Waals surface area (Å²) >= 11 is 1.80. The fourth-order valence-corrected chi connectivity index (χ4v) is 3.96. The maximum absolute atomic E-state index is 10.2. The van der Waals surface area contributed by atoms with Gasteiger partial charge in [-0.25, -0.2) is 0 Å². The molecule has 1 atom stereocenters. The van der Waals surface area contributed by atoms with Gasteiger partial charge in [0, 0.05) is 22.7 Å². The van der Waals surface area contributed by atoms with Crippen LogP contribution >= 0.6 is 11.3 Å². The molecule has 0 bridgehead atoms. The van der Waals surface area contributed by atoms with E-state index in [4.69, 9.17) is 4.74 Å². The molecule has 0 aliphatic carbocycles. The molecule has 0 radical (unpaired) electrons. The number of hydrogen-bond donors (Lipinski definition) is 1. The van der Waals surface area contributed by atoms with Crippen LogP contribution in [0.4, 0.5) is 0 Å². The zero-order valence-electron chi connectivity index (χ0n) is 14.7. The van der Waals surface area contributed by atoms with E-state index in [1.54, 1.807) is 23.6 Å². The Bertz CT molecular complexity index is 679. The van der Waals surface area contributed by atoms with Gasteiger partial charge < -0.3 is 9.84 Å². The zero-order valence-corrected chi connectivity index (χ0v) is 15.5. The molecule has 25 heavy (non-hydrogen) atoms. The van der Waals surface area contributed by atoms with Gasteiger partial charge in [0.25, 0.3) is 0 Å². The number of phenols is 1. The molecule has 5 heteroatoms. The Hall–Kier alpha value is -1.85. The van der Waals surface area contributed by atoms with Gasteiger partial charge in [-0.15, -0.1) is 11.3 Å². The second-order valence-electron chi connectivity index (χ2n) is 6.34. The molecule has 1 aromatic heterocycles. The zero-order chi connectivity index (χ0) is 17.5. The summed E-state index contributed by atoms with van der Waals surface area (Å²) < 4.78 is 5.54. The summed E-state index contributed by atoms with van der Waals surface area (Å²) in [4.78, 5) is 8.52. The SMILES string of the molecule is CCCOc1ccc(C=NCC(c2cccs2)N2CCCC2)c(O)c1. The molecule has 134 valence electrons. The van der Waals surface area contributed by atoms with E-state index in [2.05, 4.69) is 34.3 Å². The molecule has 1 N–H and O–H groups in total. The Kier molecular flexibility index (Phi) is 6.48. The van der Waals surface area contributed by atoms with Crippen LogP contribution in [-0.4, -0.2) is 42.5 Å². The van der Waals surface area contributed by atoms with Gasteiger partial charge in [0.1, 0.15) is 11.5 Å². The minimum atomic E-state index is 0.214. The Balaban J connectivity index is 1.66. The van der Waals surface area contributed by atoms with Crippen LogP contribution in [0.15, 0.2) is 40.7 Å². The van der Waals surface area contributed by atoms with Gasteiger partial charge >= 0.3 is 0 Å². The van der Waals surface area contributed by atoms with Gasteiger partial charge in [-0.05, 0) is 55.9 Å². The van der Waals surface area contributed by atoms with Crippen LogP contribution in [0.1, 0.15) is 42.7 Å². The van der Waals surface area contributed by atoms with Gasteiger partial charge in [-0.2, -0.15) is 0 Å². The van der Waals surface area contributed by atoms with E-state index in [0.717, 1.165) is 25.1 Å². The summed E-state index contributed by atoms with van der Waals surface area (Å²) in [5.74, 6) is 0.913. The van der Waals surface area contributed by atoms with Crippen molar-refractivity contribution in [3.05, 3.63) is 46.2 Å². The highest BCUT2D eigenvalue weighted by molar-refractivity contribution is 7.10. The maximum Gasteiger partial charge on any atom is 0.128 e. The summed E-state index contributed by atoms with van der Waals surface area (Å²) in [6, 6.07) is 10.0. The third kappa shape index (κ3) is 4.83. The molecule has 0 amide bonds. The van der Waals surface area contributed by atoms with Crippen molar-refractivity contribution in [3.63, 3.8) is 0 Å². The highest BCUT2D eigenvalue weighted by Gasteiger charge is 2.23. The lowest BCUT2D eigenvalue weighted by molar-refractivity contribution is 0.255. The largest absolute Gasteiger partial charge is 0.507 e. The van der Waals surface area contributed by atoms with Gasteiger partial charge in [-0.1, -0.05) is 13.0 Å². The maximum atomic E-state index is 10.2. The molecular formula is C20H26N2O2S. The fraction of sp³-hybridized carbons (Fsp3) is 0.450. The third-order valence-electron chi connectivity index (χ3n) is 4.44. The van der Waals surface area contributed by atoms with Gasteiger partial charge in [0.15, 0.2) is 0 Å². The lowest BCUT2D eigenvalue weighted by Crippen LogP contribution is -2.27. The predicted molar refractivity (Wildman–Crippen MR) is 104 cm³/mol. The van der Waals surface area contributed by atoms with Gasteiger partial charge in [-0.3, -0.25) is 9.89 Å². The van der Waals surface area contributed by atoms with Crippen molar-refractivity contribution in [3.8, 4) is 11.5 Å². The van der Waals surface area contributed by atoms with E-state index in [-0.39, 0.29) is 5.75 Å². The van der Waals surface area contributed by atoms with E-state index in [1.807, 2.05) is 12.1 Å². The van der Waals surface area contributed by atoms with Gasteiger partial charge in [0.2, 0.25) is 0 Å². The highest BCUT2D eigenvalue weighted by atomic mass is 32.1. The number of benzene rings is 1. The second kappa shape index (κ2) is 9.02. The second-order valence-corrected chi connectivity index (χ2v) is 7.32. The number of likely N-dealkylation sites (tertiary alicyclic amines) is 1. The van der Waals surface area contributed by atoms with Crippen LogP contribution in [-0.2, 0) is 0 Å². The van der Waals surface area contributed by atoms with Crippen LogP contribution in [0, 0.1) is 0 Å². The summed E-state index contributed by atoms with van der Waals surface area (Å²) in [7, 11) is 0. The minimum Gasteiger partial charge on any atom is -0.507 e. The molecule has 3 rings (SSSR count). The Morgan fingerprint density at radius 2 is 2.16 bits per heavy atom. The smallest absolute Gasteiger partial charge is 0.128 e. The lowest BCUT2D eigenvalue weighted by Gasteiger charge is -2.25. The molecule has 0 spiro atoms. The molecule has 1 fully saturated rings. The Morgan fingerprint density at radius 3 is 2.84 bits per heavy atom. The van der Waals surface area contributed by atoms with Crippen LogP contribution in [0.3, 0.4) is 0 Å². The molecule has 1 aliphatic heterocycles. The minimum absolute atomic E-state index is 0.214. The Morgan fingerprint density at radius 1 is 1.32 bits per heavy atom. The number of nitrogens with zero attached hydrogens (tertiary/aromatic N) is 2. The number of aromatic hydroxyl groups is 1. The van der Waals surface area contributed by atoms with Crippen LogP contribution < -0.4 is 4.74 Å². The normalized spacial score (nSPS) is 16.5. The van der Waals surface area contributed by atoms with Crippen molar-refractivity contribution in [2.45, 2.75) is 32.2 Å². The standard InChI is InChI=1S/C20H26N2O2S/c1-2-11-24-17-8-7-16(19(23)13-17)14-21-15-18(20-6-5-12-25-20)22-9-3-4-10-22/h5-8,12-14,18,23H,2-4,9-11,15H2,1H3. The van der Waals surface area contributed by atoms with Crippen molar-refractivity contribution in [2.75, 3.05) is 26.2 Å². The topological polar surface area (TPSA) is 45.1 Å². The van der Waals surface area contributed by atoms with Crippen molar-refractivity contribution in [2.24, 2.45) is 4.99 Å². The number of rotatable bonds is 8. The van der Waals surface area contributed by atoms with E-state index >= 15 is 0 Å². The van der Waals surface area contributed by atoms with Crippen molar-refractivity contribution >= 4 is 17.6 Å². The molecule has 1 unspecified atom stereocenters.